The summed E-state index contributed by atoms with van der Waals surface area (Å²) in [5, 5.41) is 12.9. The van der Waals surface area contributed by atoms with Gasteiger partial charge in [0.1, 0.15) is 16.3 Å². The maximum Gasteiger partial charge on any atom is 0.354 e. The van der Waals surface area contributed by atoms with Crippen LogP contribution in [0.25, 0.3) is 11.1 Å². The number of hydrogen-bond donors (Lipinski definition) is 2. The van der Waals surface area contributed by atoms with E-state index in [0.29, 0.717) is 53.2 Å². The molecule has 3 heterocycles. The Bertz CT molecular complexity index is 1470. The highest BCUT2D eigenvalue weighted by atomic mass is 32.2. The fourth-order valence-corrected chi connectivity index (χ4v) is 5.51. The van der Waals surface area contributed by atoms with Gasteiger partial charge in [0, 0.05) is 17.8 Å². The number of amides is 2. The molecule has 1 aliphatic heterocycles. The third kappa shape index (κ3) is 4.23. The van der Waals surface area contributed by atoms with E-state index in [1.165, 1.54) is 30.3 Å². The second-order valence-corrected chi connectivity index (χ2v) is 10.9. The summed E-state index contributed by atoms with van der Waals surface area (Å²) in [5.74, 6) is 0.218. The number of rotatable bonds is 4. The van der Waals surface area contributed by atoms with Crippen molar-refractivity contribution >= 4 is 21.6 Å². The smallest absolute Gasteiger partial charge is 0.354 e. The molecule has 184 valence electrons. The second-order valence-electron chi connectivity index (χ2n) is 9.10. The molecule has 5 rings (SSSR count). The Morgan fingerprint density at radius 1 is 1.34 bits per heavy atom. The third-order valence-electron chi connectivity index (χ3n) is 6.03. The van der Waals surface area contributed by atoms with Gasteiger partial charge in [-0.15, -0.1) is 4.36 Å². The second kappa shape index (κ2) is 8.31. The molecule has 35 heavy (non-hydrogen) atoms. The first-order valence-electron chi connectivity index (χ1n) is 11.0. The number of pyridine rings is 1. The number of carbonyl (C=O) groups excluding carboxylic acids is 1. The van der Waals surface area contributed by atoms with Crippen molar-refractivity contribution in [2.75, 3.05) is 12.4 Å². The minimum Gasteiger partial charge on any atom is -0.481 e. The van der Waals surface area contributed by atoms with Crippen LogP contribution in [0.5, 0.6) is 11.8 Å². The van der Waals surface area contributed by atoms with Gasteiger partial charge in [-0.3, -0.25) is 0 Å². The molecule has 1 aliphatic carbocycles. The summed E-state index contributed by atoms with van der Waals surface area (Å²) in [7, 11) is -2.19. The number of aromatic nitrogens is 3. The van der Waals surface area contributed by atoms with Crippen LogP contribution in [-0.4, -0.2) is 37.7 Å². The normalized spacial score (nSPS) is 17.2. The summed E-state index contributed by atoms with van der Waals surface area (Å²) in [6, 6.07) is 3.78. The molecule has 0 fully saturated rings. The quantitative estimate of drug-likeness (QED) is 0.561. The fraction of sp³-hybridized carbons (Fsp3) is 0.348. The number of methoxy groups -OCH3 is 1. The van der Waals surface area contributed by atoms with Gasteiger partial charge in [0.05, 0.1) is 25.5 Å². The van der Waals surface area contributed by atoms with Crippen LogP contribution in [0.1, 0.15) is 31.4 Å². The van der Waals surface area contributed by atoms with E-state index in [0.717, 1.165) is 6.42 Å². The molecule has 3 N–H and O–H groups in total. The Balaban J connectivity index is 1.54. The lowest BCUT2D eigenvalue weighted by molar-refractivity contribution is 0.132. The molecule has 1 aromatic carbocycles. The number of urea groups is 1. The summed E-state index contributed by atoms with van der Waals surface area (Å²) in [6.07, 6.45) is 4.72. The number of benzene rings is 1. The lowest BCUT2D eigenvalue weighted by Gasteiger charge is -2.17. The van der Waals surface area contributed by atoms with Crippen molar-refractivity contribution in [2.24, 2.45) is 9.50 Å². The highest BCUT2D eigenvalue weighted by Gasteiger charge is 2.35. The number of halogens is 1. The lowest BCUT2D eigenvalue weighted by atomic mass is 9.97. The van der Waals surface area contributed by atoms with Gasteiger partial charge in [-0.2, -0.15) is 5.10 Å². The van der Waals surface area contributed by atoms with Crippen LogP contribution in [-0.2, 0) is 29.3 Å². The number of nitrogens with two attached hydrogens (primary N) is 1. The average Bonchev–Trinajstić information content (AvgIpc) is 3.49. The number of nitrogens with zero attached hydrogens (tertiary/aromatic N) is 4. The summed E-state index contributed by atoms with van der Waals surface area (Å²) in [5.41, 5.74) is 2.11. The summed E-state index contributed by atoms with van der Waals surface area (Å²) < 4.78 is 44.5. The van der Waals surface area contributed by atoms with E-state index in [4.69, 9.17) is 14.6 Å². The van der Waals surface area contributed by atoms with E-state index in [9.17, 15) is 13.4 Å². The van der Waals surface area contributed by atoms with Crippen LogP contribution in [0.15, 0.2) is 39.9 Å². The van der Waals surface area contributed by atoms with Crippen molar-refractivity contribution in [3.63, 3.8) is 0 Å². The minimum absolute atomic E-state index is 0.0432. The SMILES string of the molecule is COc1cc(-c2cc(F)c3c(c2NC(=O)N=S(N)(=O)c2cnn4c2OC(C)(C)C4)CCC3)ccn1. The predicted octanol–water partition coefficient (Wildman–Crippen LogP) is 3.69. The topological polar surface area (TPSA) is 134 Å². The molecule has 0 saturated heterocycles. The molecular weight excluding hydrogens is 475 g/mol. The fourth-order valence-electron chi connectivity index (χ4n) is 4.52. The molecule has 3 aromatic rings. The van der Waals surface area contributed by atoms with E-state index in [1.54, 1.807) is 12.1 Å². The number of fused-ring (bicyclic) bond motifs is 2. The standard InChI is InChI=1S/C23H25FN6O4S/c1-23(2)12-30-21(34-23)18(11-27-30)35(25,32)29-22(31)28-20-15-6-4-5-14(15)17(24)10-16(20)13-7-8-26-19(9-13)33-3/h7-11H,4-6,12H2,1-3H3,(H3,25,28,29,31,32). The first kappa shape index (κ1) is 23.2. The molecule has 0 saturated carbocycles. The van der Waals surface area contributed by atoms with Gasteiger partial charge in [-0.1, -0.05) is 0 Å². The summed E-state index contributed by atoms with van der Waals surface area (Å²) >= 11 is 0. The van der Waals surface area contributed by atoms with Crippen molar-refractivity contribution in [3.8, 4) is 22.9 Å². The van der Waals surface area contributed by atoms with E-state index in [1.807, 2.05) is 13.8 Å². The van der Waals surface area contributed by atoms with E-state index < -0.39 is 21.5 Å². The zero-order valence-electron chi connectivity index (χ0n) is 19.5. The van der Waals surface area contributed by atoms with Gasteiger partial charge in [0.25, 0.3) is 0 Å². The van der Waals surface area contributed by atoms with Crippen LogP contribution >= 0.6 is 0 Å². The molecule has 12 heteroatoms. The van der Waals surface area contributed by atoms with Crippen LogP contribution in [0.3, 0.4) is 0 Å². The molecular formula is C23H25FN6O4S. The molecule has 10 nitrogen and oxygen atoms in total. The molecule has 0 radical (unpaired) electrons. The highest BCUT2D eigenvalue weighted by molar-refractivity contribution is 7.91. The predicted molar refractivity (Wildman–Crippen MR) is 127 cm³/mol. The number of nitrogens with one attached hydrogen (secondary N) is 1. The van der Waals surface area contributed by atoms with Crippen LogP contribution in [0.2, 0.25) is 0 Å². The number of anilines is 1. The van der Waals surface area contributed by atoms with Crippen LogP contribution in [0.4, 0.5) is 14.9 Å². The Kier molecular flexibility index (Phi) is 5.52. The molecule has 1 atom stereocenters. The molecule has 2 aliphatic rings. The van der Waals surface area contributed by atoms with Crippen LogP contribution in [0, 0.1) is 5.82 Å². The lowest BCUT2D eigenvalue weighted by Crippen LogP contribution is -2.27. The maximum atomic E-state index is 14.9. The van der Waals surface area contributed by atoms with E-state index in [-0.39, 0.29) is 16.6 Å². The van der Waals surface area contributed by atoms with Gasteiger partial charge in [0.15, 0.2) is 9.92 Å². The van der Waals surface area contributed by atoms with Crippen molar-refractivity contribution in [2.45, 2.75) is 50.2 Å². The zero-order valence-corrected chi connectivity index (χ0v) is 20.3. The third-order valence-corrected chi connectivity index (χ3v) is 7.38. The van der Waals surface area contributed by atoms with Crippen molar-refractivity contribution < 1.29 is 22.9 Å². The van der Waals surface area contributed by atoms with Crippen LogP contribution < -0.4 is 19.9 Å². The van der Waals surface area contributed by atoms with Crippen molar-refractivity contribution in [1.82, 2.24) is 14.8 Å². The summed E-state index contributed by atoms with van der Waals surface area (Å²) in [6.45, 7) is 4.17. The largest absolute Gasteiger partial charge is 0.481 e. The van der Waals surface area contributed by atoms with Crippen molar-refractivity contribution in [3.05, 3.63) is 47.5 Å². The Morgan fingerprint density at radius 2 is 2.11 bits per heavy atom. The Labute approximate surface area is 202 Å². The highest BCUT2D eigenvalue weighted by Crippen LogP contribution is 2.40. The number of hydrogen-bond acceptors (Lipinski definition) is 6. The maximum absolute atomic E-state index is 14.9. The van der Waals surface area contributed by atoms with Gasteiger partial charge >= 0.3 is 6.03 Å². The van der Waals surface area contributed by atoms with Gasteiger partial charge in [0.2, 0.25) is 11.8 Å². The van der Waals surface area contributed by atoms with Gasteiger partial charge < -0.3 is 14.8 Å². The number of carbonyl (C=O) groups is 1. The minimum atomic E-state index is -3.67. The Morgan fingerprint density at radius 3 is 2.89 bits per heavy atom. The molecule has 2 amide bonds. The Hall–Kier alpha value is -3.51. The zero-order chi connectivity index (χ0) is 25.0. The molecule has 0 bridgehead atoms. The summed E-state index contributed by atoms with van der Waals surface area (Å²) in [4.78, 5) is 17.1. The average molecular weight is 501 g/mol. The molecule has 2 aromatic heterocycles. The first-order chi connectivity index (χ1) is 16.6. The monoisotopic (exact) mass is 500 g/mol. The van der Waals surface area contributed by atoms with E-state index >= 15 is 0 Å². The first-order valence-corrected chi connectivity index (χ1v) is 12.6. The van der Waals surface area contributed by atoms with Crippen molar-refractivity contribution in [1.29, 1.82) is 0 Å². The van der Waals surface area contributed by atoms with E-state index in [2.05, 4.69) is 19.8 Å². The molecule has 1 unspecified atom stereocenters. The number of ether oxygens (including phenoxy) is 2. The van der Waals surface area contributed by atoms with Gasteiger partial charge in [-0.25, -0.2) is 28.2 Å². The molecule has 0 spiro atoms. The van der Waals surface area contributed by atoms with Gasteiger partial charge in [-0.05, 0) is 61.9 Å².